The summed E-state index contributed by atoms with van der Waals surface area (Å²) in [5, 5.41) is 7.41. The van der Waals surface area contributed by atoms with Crippen LogP contribution in [0.2, 0.25) is 0 Å². The molecule has 2 aromatic heterocycles. The van der Waals surface area contributed by atoms with Crippen LogP contribution < -0.4 is 14.2 Å². The molecular weight excluding hydrogens is 478 g/mol. The lowest BCUT2D eigenvalue weighted by Gasteiger charge is -2.31. The number of nitrogens with zero attached hydrogens (tertiary/aromatic N) is 3. The van der Waals surface area contributed by atoms with E-state index in [2.05, 4.69) is 15.2 Å². The van der Waals surface area contributed by atoms with E-state index in [0.717, 1.165) is 17.4 Å². The highest BCUT2D eigenvalue weighted by Crippen LogP contribution is 2.34. The van der Waals surface area contributed by atoms with E-state index < -0.39 is 11.6 Å². The number of amides is 1. The fourth-order valence-electron chi connectivity index (χ4n) is 4.06. The maximum Gasteiger partial charge on any atom is 0.274 e. The number of methoxy groups -OCH3 is 2. The van der Waals surface area contributed by atoms with Gasteiger partial charge in [0, 0.05) is 37.6 Å². The quantitative estimate of drug-likeness (QED) is 0.414. The molecule has 0 radical (unpaired) electrons. The lowest BCUT2D eigenvalue weighted by Crippen LogP contribution is -2.41. The van der Waals surface area contributed by atoms with Crippen LogP contribution in [0.4, 0.5) is 8.78 Å². The molecule has 8 nitrogen and oxygen atoms in total. The molecule has 1 saturated heterocycles. The van der Waals surface area contributed by atoms with Crippen LogP contribution in [-0.4, -0.2) is 59.4 Å². The molecule has 0 atom stereocenters. The first kappa shape index (κ1) is 23.0. The maximum absolute atomic E-state index is 13.9. The van der Waals surface area contributed by atoms with Gasteiger partial charge in [0.1, 0.15) is 34.6 Å². The van der Waals surface area contributed by atoms with Crippen molar-refractivity contribution >= 4 is 27.5 Å². The number of likely N-dealkylation sites (tertiary alicyclic amines) is 1. The number of H-pyrrole nitrogens is 1. The van der Waals surface area contributed by atoms with E-state index in [0.29, 0.717) is 64.3 Å². The number of benzene rings is 2. The van der Waals surface area contributed by atoms with E-state index in [1.165, 1.54) is 6.07 Å². The number of fused-ring (bicyclic) bond motifs is 1. The number of piperidine rings is 1. The molecule has 1 fully saturated rings. The zero-order chi connectivity index (χ0) is 24.5. The van der Waals surface area contributed by atoms with Crippen LogP contribution in [0.15, 0.2) is 36.4 Å². The average molecular weight is 501 g/mol. The molecule has 1 amide bonds. The van der Waals surface area contributed by atoms with Gasteiger partial charge in [-0.3, -0.25) is 9.89 Å². The Kier molecular flexibility index (Phi) is 6.25. The van der Waals surface area contributed by atoms with E-state index in [-0.39, 0.29) is 17.5 Å². The zero-order valence-corrected chi connectivity index (χ0v) is 19.8. The van der Waals surface area contributed by atoms with Crippen molar-refractivity contribution in [3.05, 3.63) is 53.7 Å². The molecule has 0 saturated carbocycles. The van der Waals surface area contributed by atoms with Crippen molar-refractivity contribution in [3.63, 3.8) is 0 Å². The highest BCUT2D eigenvalue weighted by Gasteiger charge is 2.27. The van der Waals surface area contributed by atoms with Crippen molar-refractivity contribution in [3.8, 4) is 28.0 Å². The number of ether oxygens (including phenoxy) is 3. The number of hydrogen-bond acceptors (Lipinski definition) is 7. The lowest BCUT2D eigenvalue weighted by molar-refractivity contribution is 0.0590. The first-order chi connectivity index (χ1) is 16.9. The second-order valence-corrected chi connectivity index (χ2v) is 9.05. The Balaban J connectivity index is 1.23. The molecule has 5 rings (SSSR count). The molecule has 1 N–H and O–H groups in total. The maximum atomic E-state index is 13.9. The summed E-state index contributed by atoms with van der Waals surface area (Å²) >= 11 is 1.10. The summed E-state index contributed by atoms with van der Waals surface area (Å²) in [5.41, 5.74) is 1.75. The normalized spacial score (nSPS) is 14.3. The van der Waals surface area contributed by atoms with Crippen molar-refractivity contribution in [2.75, 3.05) is 27.3 Å². The number of aromatic nitrogens is 3. The number of thiazole rings is 1. The zero-order valence-electron chi connectivity index (χ0n) is 19.0. The molecule has 1 aliphatic heterocycles. The summed E-state index contributed by atoms with van der Waals surface area (Å²) in [5.74, 6) is -0.256. The summed E-state index contributed by atoms with van der Waals surface area (Å²) in [6.07, 6.45) is 0.998. The molecule has 0 unspecified atom stereocenters. The SMILES string of the molecule is COc1ccc(OC)c(-c2cc(C(=O)N3CCC(Oc4nc5c(F)cc(F)cc5s4)CC3)[nH]n2)c1. The standard InChI is InChI=1S/C24H22F2N4O4S/c1-32-15-3-4-20(33-2)16(11-15)18-12-19(29-28-18)23(31)30-7-5-14(6-8-30)34-24-27-22-17(26)9-13(25)10-21(22)35-24/h3-4,9-12,14H,5-8H2,1-2H3,(H,28,29). The minimum Gasteiger partial charge on any atom is -0.497 e. The number of carbonyl (C=O) groups is 1. The summed E-state index contributed by atoms with van der Waals surface area (Å²) < 4.78 is 44.4. The molecule has 35 heavy (non-hydrogen) atoms. The van der Waals surface area contributed by atoms with Crippen LogP contribution >= 0.6 is 11.3 Å². The minimum atomic E-state index is -0.711. The van der Waals surface area contributed by atoms with Crippen LogP contribution in [0.25, 0.3) is 21.5 Å². The Morgan fingerprint density at radius 3 is 2.66 bits per heavy atom. The van der Waals surface area contributed by atoms with Crippen molar-refractivity contribution in [1.29, 1.82) is 0 Å². The number of hydrogen-bond donors (Lipinski definition) is 1. The first-order valence-corrected chi connectivity index (χ1v) is 11.8. The van der Waals surface area contributed by atoms with Gasteiger partial charge >= 0.3 is 0 Å². The van der Waals surface area contributed by atoms with Crippen molar-refractivity contribution < 1.29 is 27.8 Å². The Bertz CT molecular complexity index is 1380. The predicted molar refractivity (Wildman–Crippen MR) is 126 cm³/mol. The molecule has 0 spiro atoms. The van der Waals surface area contributed by atoms with E-state index >= 15 is 0 Å². The van der Waals surface area contributed by atoms with Gasteiger partial charge in [-0.15, -0.1) is 0 Å². The van der Waals surface area contributed by atoms with Gasteiger partial charge in [-0.05, 0) is 30.3 Å². The molecule has 4 aromatic rings. The third kappa shape index (κ3) is 4.63. The number of nitrogens with one attached hydrogen (secondary N) is 1. The highest BCUT2D eigenvalue weighted by molar-refractivity contribution is 7.20. The Morgan fingerprint density at radius 1 is 1.11 bits per heavy atom. The average Bonchev–Trinajstić information content (AvgIpc) is 3.51. The van der Waals surface area contributed by atoms with E-state index in [9.17, 15) is 13.6 Å². The molecule has 2 aromatic carbocycles. The second-order valence-electron chi connectivity index (χ2n) is 8.06. The van der Waals surface area contributed by atoms with Crippen LogP contribution in [-0.2, 0) is 0 Å². The highest BCUT2D eigenvalue weighted by atomic mass is 32.1. The van der Waals surface area contributed by atoms with Crippen molar-refractivity contribution in [2.45, 2.75) is 18.9 Å². The molecule has 11 heteroatoms. The van der Waals surface area contributed by atoms with Crippen LogP contribution in [0.3, 0.4) is 0 Å². The lowest BCUT2D eigenvalue weighted by atomic mass is 10.1. The third-order valence-corrected chi connectivity index (χ3v) is 6.77. The summed E-state index contributed by atoms with van der Waals surface area (Å²) in [6, 6.07) is 9.11. The Hall–Kier alpha value is -3.73. The summed E-state index contributed by atoms with van der Waals surface area (Å²) in [7, 11) is 3.15. The molecule has 3 heterocycles. The van der Waals surface area contributed by atoms with Gasteiger partial charge in [-0.25, -0.2) is 8.78 Å². The van der Waals surface area contributed by atoms with Gasteiger partial charge in [0.15, 0.2) is 5.82 Å². The first-order valence-electron chi connectivity index (χ1n) is 10.9. The minimum absolute atomic E-state index is 0.0988. The van der Waals surface area contributed by atoms with Crippen molar-refractivity contribution in [2.24, 2.45) is 0 Å². The smallest absolute Gasteiger partial charge is 0.274 e. The molecule has 0 bridgehead atoms. The topological polar surface area (TPSA) is 89.6 Å². The van der Waals surface area contributed by atoms with Gasteiger partial charge in [0.05, 0.1) is 24.6 Å². The largest absolute Gasteiger partial charge is 0.497 e. The number of aromatic amines is 1. The summed E-state index contributed by atoms with van der Waals surface area (Å²) in [6.45, 7) is 0.961. The molecule has 0 aliphatic carbocycles. The van der Waals surface area contributed by atoms with Gasteiger partial charge in [0.2, 0.25) is 0 Å². The monoisotopic (exact) mass is 500 g/mol. The van der Waals surface area contributed by atoms with E-state index in [4.69, 9.17) is 14.2 Å². The fraction of sp³-hybridized carbons (Fsp3) is 0.292. The molecule has 1 aliphatic rings. The van der Waals surface area contributed by atoms with Crippen molar-refractivity contribution in [1.82, 2.24) is 20.1 Å². The summed E-state index contributed by atoms with van der Waals surface area (Å²) in [4.78, 5) is 18.9. The Labute approximate surface area is 203 Å². The number of rotatable bonds is 6. The molecular formula is C24H22F2N4O4S. The van der Waals surface area contributed by atoms with Crippen LogP contribution in [0, 0.1) is 11.6 Å². The van der Waals surface area contributed by atoms with Gasteiger partial charge in [-0.1, -0.05) is 11.3 Å². The number of halogens is 2. The van der Waals surface area contributed by atoms with Crippen LogP contribution in [0.1, 0.15) is 23.3 Å². The molecule has 182 valence electrons. The third-order valence-electron chi connectivity index (χ3n) is 5.88. The predicted octanol–water partition coefficient (Wildman–Crippen LogP) is 4.67. The fourth-order valence-corrected chi connectivity index (χ4v) is 4.98. The van der Waals surface area contributed by atoms with Crippen LogP contribution in [0.5, 0.6) is 16.7 Å². The van der Waals surface area contributed by atoms with E-state index in [1.54, 1.807) is 43.4 Å². The van der Waals surface area contributed by atoms with Gasteiger partial charge in [0.25, 0.3) is 11.1 Å². The number of carbonyl (C=O) groups excluding carboxylic acids is 1. The van der Waals surface area contributed by atoms with Gasteiger partial charge in [-0.2, -0.15) is 10.1 Å². The van der Waals surface area contributed by atoms with E-state index in [1.807, 2.05) is 0 Å². The second kappa shape index (κ2) is 9.49. The van der Waals surface area contributed by atoms with Gasteiger partial charge < -0.3 is 19.1 Å². The Morgan fingerprint density at radius 2 is 1.91 bits per heavy atom.